The van der Waals surface area contributed by atoms with E-state index < -0.39 is 0 Å². The lowest BCUT2D eigenvalue weighted by atomic mass is 10.1. The van der Waals surface area contributed by atoms with Gasteiger partial charge in [-0.2, -0.15) is 0 Å². The predicted octanol–water partition coefficient (Wildman–Crippen LogP) is 6.82. The van der Waals surface area contributed by atoms with E-state index in [2.05, 4.69) is 16.8 Å². The van der Waals surface area contributed by atoms with Crippen molar-refractivity contribution in [2.24, 2.45) is 0 Å². The first-order valence-corrected chi connectivity index (χ1v) is 11.0. The van der Waals surface area contributed by atoms with E-state index in [1.54, 1.807) is 11.8 Å². The summed E-state index contributed by atoms with van der Waals surface area (Å²) in [4.78, 5) is 0. The molecule has 0 bridgehead atoms. The van der Waals surface area contributed by atoms with Crippen LogP contribution in [0.5, 0.6) is 5.75 Å². The molecule has 2 aromatic carbocycles. The van der Waals surface area contributed by atoms with Gasteiger partial charge in [-0.3, -0.25) is 4.57 Å². The topological polar surface area (TPSA) is 39.9 Å². The van der Waals surface area contributed by atoms with Crippen molar-refractivity contribution in [3.8, 4) is 5.75 Å². The number of rotatable bonds is 8. The van der Waals surface area contributed by atoms with Gasteiger partial charge in [-0.1, -0.05) is 53.2 Å². The number of halogens is 2. The van der Waals surface area contributed by atoms with E-state index in [0.717, 1.165) is 49.2 Å². The molecule has 1 unspecified atom stereocenters. The summed E-state index contributed by atoms with van der Waals surface area (Å²) in [5, 5.41) is 11.1. The van der Waals surface area contributed by atoms with E-state index in [-0.39, 0.29) is 6.10 Å². The number of hydrogen-bond donors (Lipinski definition) is 0. The summed E-state index contributed by atoms with van der Waals surface area (Å²) >= 11 is 14.0. The normalized spacial score (nSPS) is 12.0. The molecule has 0 fully saturated rings. The Morgan fingerprint density at radius 1 is 1.17 bits per heavy atom. The van der Waals surface area contributed by atoms with E-state index in [1.807, 2.05) is 67.8 Å². The molecular weight excluding hydrogens is 425 g/mol. The Balaban J connectivity index is 1.79. The van der Waals surface area contributed by atoms with Gasteiger partial charge in [0.15, 0.2) is 17.1 Å². The lowest BCUT2D eigenvalue weighted by molar-refractivity contribution is 0.210. The third-order valence-corrected chi connectivity index (χ3v) is 6.27. The van der Waals surface area contributed by atoms with Crippen LogP contribution in [0.1, 0.15) is 35.5 Å². The fourth-order valence-corrected chi connectivity index (χ4v) is 4.23. The number of benzene rings is 2. The first-order chi connectivity index (χ1) is 13.9. The highest BCUT2D eigenvalue weighted by Crippen LogP contribution is 2.30. The number of aromatic nitrogens is 3. The van der Waals surface area contributed by atoms with E-state index >= 15 is 0 Å². The molecule has 3 rings (SSSR count). The van der Waals surface area contributed by atoms with E-state index in [4.69, 9.17) is 27.9 Å². The highest BCUT2D eigenvalue weighted by Gasteiger charge is 2.19. The Bertz CT molecular complexity index is 996. The van der Waals surface area contributed by atoms with Gasteiger partial charge < -0.3 is 4.74 Å². The Labute approximate surface area is 185 Å². The summed E-state index contributed by atoms with van der Waals surface area (Å²) in [6.07, 6.45) is 1.56. The zero-order valence-corrected chi connectivity index (χ0v) is 19.0. The molecule has 0 saturated carbocycles. The molecule has 0 saturated heterocycles. The smallest absolute Gasteiger partial charge is 0.191 e. The summed E-state index contributed by atoms with van der Waals surface area (Å²) in [5.41, 5.74) is 3.10. The van der Waals surface area contributed by atoms with Crippen molar-refractivity contribution in [2.75, 3.05) is 0 Å². The first kappa shape index (κ1) is 21.8. The lowest BCUT2D eigenvalue weighted by Gasteiger charge is -2.17. The van der Waals surface area contributed by atoms with Crippen LogP contribution in [0.3, 0.4) is 0 Å². The molecule has 3 aromatic rings. The molecule has 0 radical (unpaired) electrons. The fraction of sp³-hybridized carbons (Fsp3) is 0.273. The van der Waals surface area contributed by atoms with Gasteiger partial charge in [-0.05, 0) is 61.7 Å². The number of thioether (sulfide) groups is 1. The Hall–Kier alpha value is -1.95. The van der Waals surface area contributed by atoms with Gasteiger partial charge in [0.05, 0.1) is 0 Å². The van der Waals surface area contributed by atoms with Gasteiger partial charge in [0.25, 0.3) is 0 Å². The number of nitrogens with zero attached hydrogens (tertiary/aromatic N) is 3. The molecule has 0 aliphatic rings. The highest BCUT2D eigenvalue weighted by molar-refractivity contribution is 7.98. The maximum atomic E-state index is 6.26. The molecule has 0 aliphatic heterocycles. The summed E-state index contributed by atoms with van der Waals surface area (Å²) in [6.45, 7) is 10.4. The number of ether oxygens (including phenoxy) is 1. The van der Waals surface area contributed by atoms with Crippen LogP contribution in [0.25, 0.3) is 0 Å². The first-order valence-electron chi connectivity index (χ1n) is 9.23. The molecule has 1 atom stereocenters. The van der Waals surface area contributed by atoms with Crippen molar-refractivity contribution >= 4 is 35.0 Å². The van der Waals surface area contributed by atoms with Crippen LogP contribution in [-0.4, -0.2) is 14.8 Å². The largest absolute Gasteiger partial charge is 0.483 e. The molecule has 0 N–H and O–H groups in total. The van der Waals surface area contributed by atoms with Crippen molar-refractivity contribution in [3.05, 3.63) is 81.6 Å². The quantitative estimate of drug-likeness (QED) is 0.280. The third kappa shape index (κ3) is 5.35. The van der Waals surface area contributed by atoms with Crippen molar-refractivity contribution in [2.45, 2.75) is 44.3 Å². The Kier molecular flexibility index (Phi) is 7.28. The van der Waals surface area contributed by atoms with Crippen LogP contribution in [0, 0.1) is 13.8 Å². The van der Waals surface area contributed by atoms with E-state index in [0.29, 0.717) is 6.54 Å². The maximum Gasteiger partial charge on any atom is 0.191 e. The van der Waals surface area contributed by atoms with Crippen molar-refractivity contribution in [1.82, 2.24) is 14.8 Å². The predicted molar refractivity (Wildman–Crippen MR) is 121 cm³/mol. The molecule has 29 heavy (non-hydrogen) atoms. The summed E-state index contributed by atoms with van der Waals surface area (Å²) in [7, 11) is 0. The summed E-state index contributed by atoms with van der Waals surface area (Å²) < 4.78 is 8.18. The number of aryl methyl sites for hydroxylation is 2. The molecule has 0 aliphatic carbocycles. The molecule has 1 aromatic heterocycles. The average molecular weight is 448 g/mol. The third-order valence-electron chi connectivity index (χ3n) is 4.40. The van der Waals surface area contributed by atoms with Crippen molar-refractivity contribution < 1.29 is 4.74 Å². The van der Waals surface area contributed by atoms with Crippen LogP contribution < -0.4 is 4.74 Å². The molecule has 152 valence electrons. The lowest BCUT2D eigenvalue weighted by Crippen LogP contribution is -2.12. The molecule has 0 amide bonds. The minimum absolute atomic E-state index is 0.275. The second-order valence-corrected chi connectivity index (χ2v) is 8.55. The van der Waals surface area contributed by atoms with Crippen molar-refractivity contribution in [1.29, 1.82) is 0 Å². The average Bonchev–Trinajstić information content (AvgIpc) is 3.07. The van der Waals surface area contributed by atoms with Crippen LogP contribution in [-0.2, 0) is 12.3 Å². The summed E-state index contributed by atoms with van der Waals surface area (Å²) in [5.74, 6) is 2.27. The molecule has 1 heterocycles. The van der Waals surface area contributed by atoms with Gasteiger partial charge in [-0.25, -0.2) is 0 Å². The minimum atomic E-state index is -0.275. The van der Waals surface area contributed by atoms with Crippen LogP contribution in [0.4, 0.5) is 0 Å². The second-order valence-electron chi connectivity index (χ2n) is 6.79. The Morgan fingerprint density at radius 3 is 2.55 bits per heavy atom. The van der Waals surface area contributed by atoms with E-state index in [1.165, 1.54) is 0 Å². The van der Waals surface area contributed by atoms with E-state index in [9.17, 15) is 0 Å². The van der Waals surface area contributed by atoms with Crippen LogP contribution in [0.15, 0.2) is 54.2 Å². The van der Waals surface area contributed by atoms with Gasteiger partial charge in [0.2, 0.25) is 0 Å². The number of allylic oxidation sites excluding steroid dienone is 1. The van der Waals surface area contributed by atoms with Gasteiger partial charge in [0, 0.05) is 22.3 Å². The minimum Gasteiger partial charge on any atom is -0.483 e. The molecular formula is C22H23Cl2N3OS. The molecule has 7 heteroatoms. The molecule has 0 spiro atoms. The maximum absolute atomic E-state index is 6.26. The number of hydrogen-bond acceptors (Lipinski definition) is 4. The monoisotopic (exact) mass is 447 g/mol. The highest BCUT2D eigenvalue weighted by atomic mass is 35.5. The fourth-order valence-electron chi connectivity index (χ4n) is 3.01. The SMILES string of the molecule is C=CCn1c(SCc2cccc(Cl)c2)nnc1C(C)Oc1cc(C)c(Cl)c(C)c1. The van der Waals surface area contributed by atoms with Gasteiger partial charge >= 0.3 is 0 Å². The zero-order chi connectivity index (χ0) is 21.0. The van der Waals surface area contributed by atoms with Crippen molar-refractivity contribution in [3.63, 3.8) is 0 Å². The second kappa shape index (κ2) is 9.70. The Morgan fingerprint density at radius 2 is 1.90 bits per heavy atom. The van der Waals surface area contributed by atoms with Crippen LogP contribution in [0.2, 0.25) is 10.0 Å². The van der Waals surface area contributed by atoms with Gasteiger partial charge in [-0.15, -0.1) is 16.8 Å². The molecule has 4 nitrogen and oxygen atoms in total. The standard InChI is InChI=1S/C22H23Cl2N3OS/c1-5-9-27-21(16(4)28-19-10-14(2)20(24)15(3)11-19)25-26-22(27)29-13-17-7-6-8-18(23)12-17/h5-8,10-12,16H,1,9,13H2,2-4H3. The van der Waals surface area contributed by atoms with Gasteiger partial charge in [0.1, 0.15) is 5.75 Å². The zero-order valence-electron chi connectivity index (χ0n) is 16.7. The van der Waals surface area contributed by atoms with Crippen LogP contribution >= 0.6 is 35.0 Å². The summed E-state index contributed by atoms with van der Waals surface area (Å²) in [6, 6.07) is 11.7.